The molecule has 0 aliphatic carbocycles. The lowest BCUT2D eigenvalue weighted by Crippen LogP contribution is -2.33. The number of rotatable bonds is 4. The van der Waals surface area contributed by atoms with E-state index < -0.39 is 0 Å². The highest BCUT2D eigenvalue weighted by molar-refractivity contribution is 5.78. The lowest BCUT2D eigenvalue weighted by molar-refractivity contribution is -0.124. The quantitative estimate of drug-likeness (QED) is 0.880. The molecule has 2 aromatic rings. The van der Waals surface area contributed by atoms with Gasteiger partial charge in [-0.25, -0.2) is 4.98 Å². The number of aromatic nitrogens is 3. The highest BCUT2D eigenvalue weighted by Crippen LogP contribution is 2.19. The smallest absolute Gasteiger partial charge is 0.223 e. The van der Waals surface area contributed by atoms with Crippen LogP contribution in [0, 0.1) is 12.8 Å². The number of aromatic amines is 1. The standard InChI is InChI=1S/C14H18N4O/c1-9(2)14(19)16-12(11-7-5-4-6-8-11)13-15-10(3)17-18-13/h4-9,12H,1-3H3,(H,16,19)(H,15,17,18)/t12-/m0/s1. The number of carbonyl (C=O) groups is 1. The van der Waals surface area contributed by atoms with Gasteiger partial charge in [0.2, 0.25) is 5.91 Å². The van der Waals surface area contributed by atoms with Gasteiger partial charge in [0.05, 0.1) is 0 Å². The molecule has 0 bridgehead atoms. The van der Waals surface area contributed by atoms with Crippen molar-refractivity contribution < 1.29 is 4.79 Å². The second-order valence-corrected chi connectivity index (χ2v) is 4.79. The number of benzene rings is 1. The van der Waals surface area contributed by atoms with E-state index in [4.69, 9.17) is 0 Å². The first-order valence-corrected chi connectivity index (χ1v) is 6.32. The average Bonchev–Trinajstić information content (AvgIpc) is 2.83. The van der Waals surface area contributed by atoms with Crippen LogP contribution < -0.4 is 5.32 Å². The van der Waals surface area contributed by atoms with E-state index in [0.29, 0.717) is 5.82 Å². The van der Waals surface area contributed by atoms with Gasteiger partial charge in [-0.2, -0.15) is 5.10 Å². The summed E-state index contributed by atoms with van der Waals surface area (Å²) in [5.74, 6) is 1.22. The molecular weight excluding hydrogens is 240 g/mol. The normalized spacial score (nSPS) is 12.4. The summed E-state index contributed by atoms with van der Waals surface area (Å²) in [5, 5.41) is 9.94. The molecule has 0 fully saturated rings. The van der Waals surface area contributed by atoms with E-state index in [1.54, 1.807) is 0 Å². The largest absolute Gasteiger partial charge is 0.342 e. The van der Waals surface area contributed by atoms with E-state index in [2.05, 4.69) is 20.5 Å². The van der Waals surface area contributed by atoms with Crippen molar-refractivity contribution in [2.24, 2.45) is 5.92 Å². The first kappa shape index (κ1) is 13.3. The fourth-order valence-corrected chi connectivity index (χ4v) is 1.74. The van der Waals surface area contributed by atoms with E-state index in [1.807, 2.05) is 51.1 Å². The Bertz CT molecular complexity index is 548. The molecule has 1 amide bonds. The minimum Gasteiger partial charge on any atom is -0.342 e. The van der Waals surface area contributed by atoms with E-state index in [-0.39, 0.29) is 17.9 Å². The van der Waals surface area contributed by atoms with Crippen molar-refractivity contribution in [2.75, 3.05) is 0 Å². The Morgan fingerprint density at radius 1 is 1.26 bits per heavy atom. The lowest BCUT2D eigenvalue weighted by Gasteiger charge is -2.17. The van der Waals surface area contributed by atoms with Crippen LogP contribution in [0.4, 0.5) is 0 Å². The zero-order valence-corrected chi connectivity index (χ0v) is 11.3. The predicted octanol–water partition coefficient (Wildman–Crippen LogP) is 1.97. The van der Waals surface area contributed by atoms with Crippen molar-refractivity contribution in [2.45, 2.75) is 26.8 Å². The Labute approximate surface area is 112 Å². The molecule has 0 aliphatic rings. The number of aryl methyl sites for hydroxylation is 1. The van der Waals surface area contributed by atoms with Crippen LogP contribution in [0.5, 0.6) is 0 Å². The topological polar surface area (TPSA) is 70.7 Å². The number of hydrogen-bond acceptors (Lipinski definition) is 3. The van der Waals surface area contributed by atoms with Crippen LogP contribution in [-0.4, -0.2) is 21.1 Å². The van der Waals surface area contributed by atoms with Crippen molar-refractivity contribution in [3.05, 3.63) is 47.5 Å². The average molecular weight is 258 g/mol. The van der Waals surface area contributed by atoms with Gasteiger partial charge < -0.3 is 5.32 Å². The first-order chi connectivity index (χ1) is 9.08. The Balaban J connectivity index is 2.31. The Morgan fingerprint density at radius 2 is 1.95 bits per heavy atom. The molecule has 19 heavy (non-hydrogen) atoms. The van der Waals surface area contributed by atoms with Crippen LogP contribution in [0.25, 0.3) is 0 Å². The molecule has 0 saturated heterocycles. The van der Waals surface area contributed by atoms with Crippen LogP contribution in [-0.2, 0) is 4.79 Å². The Morgan fingerprint density at radius 3 is 2.47 bits per heavy atom. The van der Waals surface area contributed by atoms with Crippen LogP contribution in [0.3, 0.4) is 0 Å². The summed E-state index contributed by atoms with van der Waals surface area (Å²) >= 11 is 0. The molecule has 100 valence electrons. The number of H-pyrrole nitrogens is 1. The predicted molar refractivity (Wildman–Crippen MR) is 72.4 cm³/mol. The molecule has 0 radical (unpaired) electrons. The van der Waals surface area contributed by atoms with Crippen LogP contribution in [0.15, 0.2) is 30.3 Å². The second kappa shape index (κ2) is 5.65. The Kier molecular flexibility index (Phi) is 3.94. The summed E-state index contributed by atoms with van der Waals surface area (Å²) in [6.07, 6.45) is 0. The van der Waals surface area contributed by atoms with Crippen molar-refractivity contribution in [3.8, 4) is 0 Å². The summed E-state index contributed by atoms with van der Waals surface area (Å²) < 4.78 is 0. The van der Waals surface area contributed by atoms with Crippen molar-refractivity contribution in [1.82, 2.24) is 20.5 Å². The molecule has 2 N–H and O–H groups in total. The van der Waals surface area contributed by atoms with Gasteiger partial charge in [-0.15, -0.1) is 0 Å². The summed E-state index contributed by atoms with van der Waals surface area (Å²) in [4.78, 5) is 16.2. The molecule has 5 nitrogen and oxygen atoms in total. The van der Waals surface area contributed by atoms with Gasteiger partial charge in [0.15, 0.2) is 5.82 Å². The third-order valence-electron chi connectivity index (χ3n) is 2.82. The fourth-order valence-electron chi connectivity index (χ4n) is 1.74. The van der Waals surface area contributed by atoms with Gasteiger partial charge in [0.25, 0.3) is 0 Å². The third-order valence-corrected chi connectivity index (χ3v) is 2.82. The highest BCUT2D eigenvalue weighted by atomic mass is 16.1. The molecule has 2 rings (SSSR count). The number of amides is 1. The molecule has 1 aromatic heterocycles. The van der Waals surface area contributed by atoms with Gasteiger partial charge in [-0.1, -0.05) is 44.2 Å². The molecule has 0 unspecified atom stereocenters. The zero-order valence-electron chi connectivity index (χ0n) is 11.3. The van der Waals surface area contributed by atoms with Gasteiger partial charge >= 0.3 is 0 Å². The van der Waals surface area contributed by atoms with E-state index in [1.165, 1.54) is 0 Å². The lowest BCUT2D eigenvalue weighted by atomic mass is 10.1. The first-order valence-electron chi connectivity index (χ1n) is 6.32. The molecule has 0 aliphatic heterocycles. The van der Waals surface area contributed by atoms with E-state index in [0.717, 1.165) is 11.4 Å². The number of hydrogen-bond donors (Lipinski definition) is 2. The second-order valence-electron chi connectivity index (χ2n) is 4.79. The van der Waals surface area contributed by atoms with Crippen molar-refractivity contribution in [1.29, 1.82) is 0 Å². The molecule has 1 atom stereocenters. The van der Waals surface area contributed by atoms with Crippen molar-refractivity contribution in [3.63, 3.8) is 0 Å². The molecule has 5 heteroatoms. The van der Waals surface area contributed by atoms with Gasteiger partial charge in [-0.05, 0) is 12.5 Å². The fraction of sp³-hybridized carbons (Fsp3) is 0.357. The molecule has 0 spiro atoms. The molecular formula is C14H18N4O. The minimum atomic E-state index is -0.318. The monoisotopic (exact) mass is 258 g/mol. The summed E-state index contributed by atoms with van der Waals surface area (Å²) in [6.45, 7) is 5.56. The van der Waals surface area contributed by atoms with Gasteiger partial charge in [-0.3, -0.25) is 9.89 Å². The van der Waals surface area contributed by atoms with E-state index in [9.17, 15) is 4.79 Å². The van der Waals surface area contributed by atoms with Crippen LogP contribution in [0.2, 0.25) is 0 Å². The number of nitrogens with zero attached hydrogens (tertiary/aromatic N) is 2. The van der Waals surface area contributed by atoms with Crippen LogP contribution in [0.1, 0.15) is 37.1 Å². The summed E-state index contributed by atoms with van der Waals surface area (Å²) in [6, 6.07) is 9.40. The van der Waals surface area contributed by atoms with Crippen molar-refractivity contribution >= 4 is 5.91 Å². The number of carbonyl (C=O) groups excluding carboxylic acids is 1. The third kappa shape index (κ3) is 3.19. The highest BCUT2D eigenvalue weighted by Gasteiger charge is 2.21. The van der Waals surface area contributed by atoms with Gasteiger partial charge in [0.1, 0.15) is 11.9 Å². The summed E-state index contributed by atoms with van der Waals surface area (Å²) in [7, 11) is 0. The van der Waals surface area contributed by atoms with E-state index >= 15 is 0 Å². The maximum Gasteiger partial charge on any atom is 0.223 e. The SMILES string of the molecule is Cc1nc([C@@H](NC(=O)C(C)C)c2ccccc2)n[nH]1. The van der Waals surface area contributed by atoms with Crippen LogP contribution >= 0.6 is 0 Å². The van der Waals surface area contributed by atoms with Gasteiger partial charge in [0, 0.05) is 5.92 Å². The molecule has 1 aromatic carbocycles. The summed E-state index contributed by atoms with van der Waals surface area (Å²) in [5.41, 5.74) is 0.968. The Hall–Kier alpha value is -2.17. The molecule has 1 heterocycles. The number of nitrogens with one attached hydrogen (secondary N) is 2. The minimum absolute atomic E-state index is 0.0173. The maximum absolute atomic E-state index is 11.9. The maximum atomic E-state index is 11.9. The zero-order chi connectivity index (χ0) is 13.8. The molecule has 0 saturated carbocycles.